The molecule has 2 fully saturated rings. The standard InChI is InChI=1S/C19H27N3O3/c1-14-5-4-6-16(13-14)20-19(23)15-9-11-21(12-10-15)17-7-2-3-8-18(17)22(24)25/h2-3,7-8,14-16H,4-6,9-13H2,1H3,(H,20,23). The highest BCUT2D eigenvalue weighted by atomic mass is 16.6. The van der Waals surface area contributed by atoms with E-state index in [0.29, 0.717) is 30.7 Å². The Balaban J connectivity index is 1.55. The molecule has 1 amide bonds. The third kappa shape index (κ3) is 4.30. The number of piperidine rings is 1. The molecular formula is C19H27N3O3. The fraction of sp³-hybridized carbons (Fsp3) is 0.632. The Morgan fingerprint density at radius 3 is 2.60 bits per heavy atom. The predicted octanol–water partition coefficient (Wildman–Crippen LogP) is 3.51. The Morgan fingerprint density at radius 2 is 1.92 bits per heavy atom. The molecule has 0 radical (unpaired) electrons. The van der Waals surface area contributed by atoms with Gasteiger partial charge in [-0.25, -0.2) is 0 Å². The fourth-order valence-electron chi connectivity index (χ4n) is 4.15. The minimum absolute atomic E-state index is 0.0243. The van der Waals surface area contributed by atoms with E-state index in [1.54, 1.807) is 18.2 Å². The van der Waals surface area contributed by atoms with Gasteiger partial charge < -0.3 is 10.2 Å². The van der Waals surface area contributed by atoms with E-state index < -0.39 is 0 Å². The van der Waals surface area contributed by atoms with Gasteiger partial charge in [-0.3, -0.25) is 14.9 Å². The Labute approximate surface area is 148 Å². The molecule has 1 saturated heterocycles. The number of nitro groups is 1. The highest BCUT2D eigenvalue weighted by Crippen LogP contribution is 2.31. The average Bonchev–Trinajstić information content (AvgIpc) is 2.62. The van der Waals surface area contributed by atoms with Crippen LogP contribution in [0.5, 0.6) is 0 Å². The predicted molar refractivity (Wildman–Crippen MR) is 97.6 cm³/mol. The Bertz CT molecular complexity index is 626. The van der Waals surface area contributed by atoms with Gasteiger partial charge >= 0.3 is 0 Å². The summed E-state index contributed by atoms with van der Waals surface area (Å²) >= 11 is 0. The molecule has 1 aliphatic heterocycles. The molecule has 6 nitrogen and oxygen atoms in total. The van der Waals surface area contributed by atoms with Crippen LogP contribution in [0.3, 0.4) is 0 Å². The molecule has 1 heterocycles. The number of amides is 1. The van der Waals surface area contributed by atoms with Gasteiger partial charge in [0.25, 0.3) is 5.69 Å². The van der Waals surface area contributed by atoms with Crippen molar-refractivity contribution in [3.8, 4) is 0 Å². The van der Waals surface area contributed by atoms with E-state index in [2.05, 4.69) is 12.2 Å². The molecule has 2 atom stereocenters. The summed E-state index contributed by atoms with van der Waals surface area (Å²) in [5.74, 6) is 0.886. The van der Waals surface area contributed by atoms with Crippen LogP contribution in [0.15, 0.2) is 24.3 Å². The van der Waals surface area contributed by atoms with Gasteiger partial charge in [0.15, 0.2) is 0 Å². The summed E-state index contributed by atoms with van der Waals surface area (Å²) in [6.07, 6.45) is 6.13. The second-order valence-corrected chi connectivity index (χ2v) is 7.48. The second-order valence-electron chi connectivity index (χ2n) is 7.48. The first-order valence-corrected chi connectivity index (χ1v) is 9.33. The quantitative estimate of drug-likeness (QED) is 0.669. The monoisotopic (exact) mass is 345 g/mol. The first-order valence-electron chi connectivity index (χ1n) is 9.33. The zero-order chi connectivity index (χ0) is 17.8. The maximum absolute atomic E-state index is 12.6. The van der Waals surface area contributed by atoms with E-state index in [0.717, 1.165) is 25.7 Å². The average molecular weight is 345 g/mol. The molecule has 2 aliphatic rings. The topological polar surface area (TPSA) is 75.5 Å². The molecule has 136 valence electrons. The van der Waals surface area contributed by atoms with Gasteiger partial charge in [-0.2, -0.15) is 0 Å². The van der Waals surface area contributed by atoms with E-state index in [-0.39, 0.29) is 22.4 Å². The smallest absolute Gasteiger partial charge is 0.292 e. The number of nitrogens with one attached hydrogen (secondary N) is 1. The molecule has 0 aromatic heterocycles. The second kappa shape index (κ2) is 7.85. The van der Waals surface area contributed by atoms with Gasteiger partial charge in [0.1, 0.15) is 5.69 Å². The SMILES string of the molecule is CC1CCCC(NC(=O)C2CCN(c3ccccc3[N+](=O)[O-])CC2)C1. The molecule has 0 bridgehead atoms. The van der Waals surface area contributed by atoms with Gasteiger partial charge in [-0.1, -0.05) is 31.9 Å². The maximum Gasteiger partial charge on any atom is 0.292 e. The number of carbonyl (C=O) groups is 1. The van der Waals surface area contributed by atoms with Crippen LogP contribution in [0.2, 0.25) is 0 Å². The van der Waals surface area contributed by atoms with E-state index in [1.807, 2.05) is 11.0 Å². The zero-order valence-corrected chi connectivity index (χ0v) is 14.8. The van der Waals surface area contributed by atoms with Gasteiger partial charge in [-0.15, -0.1) is 0 Å². The van der Waals surface area contributed by atoms with E-state index in [9.17, 15) is 14.9 Å². The van der Waals surface area contributed by atoms with Crippen molar-refractivity contribution in [1.29, 1.82) is 0 Å². The van der Waals surface area contributed by atoms with Gasteiger partial charge in [0.2, 0.25) is 5.91 Å². The minimum Gasteiger partial charge on any atom is -0.366 e. The third-order valence-electron chi connectivity index (χ3n) is 5.57. The van der Waals surface area contributed by atoms with Crippen molar-refractivity contribution < 1.29 is 9.72 Å². The summed E-state index contributed by atoms with van der Waals surface area (Å²) in [7, 11) is 0. The Morgan fingerprint density at radius 1 is 1.20 bits per heavy atom. The zero-order valence-electron chi connectivity index (χ0n) is 14.8. The first kappa shape index (κ1) is 17.7. The highest BCUT2D eigenvalue weighted by molar-refractivity contribution is 5.79. The molecule has 3 rings (SSSR count). The molecule has 2 unspecified atom stereocenters. The molecule has 1 aromatic carbocycles. The van der Waals surface area contributed by atoms with Crippen LogP contribution in [-0.2, 0) is 4.79 Å². The van der Waals surface area contributed by atoms with Crippen molar-refractivity contribution in [3.05, 3.63) is 34.4 Å². The summed E-state index contributed by atoms with van der Waals surface area (Å²) in [6.45, 7) is 3.62. The van der Waals surface area contributed by atoms with Crippen molar-refractivity contribution in [2.24, 2.45) is 11.8 Å². The third-order valence-corrected chi connectivity index (χ3v) is 5.57. The molecular weight excluding hydrogens is 318 g/mol. The normalized spacial score (nSPS) is 24.8. The lowest BCUT2D eigenvalue weighted by Crippen LogP contribution is -2.45. The molecule has 1 aromatic rings. The lowest BCUT2D eigenvalue weighted by atomic mass is 9.86. The van der Waals surface area contributed by atoms with Gasteiger partial charge in [-0.05, 0) is 37.7 Å². The summed E-state index contributed by atoms with van der Waals surface area (Å²) in [6, 6.07) is 7.17. The van der Waals surface area contributed by atoms with Crippen molar-refractivity contribution in [1.82, 2.24) is 5.32 Å². The lowest BCUT2D eigenvalue weighted by molar-refractivity contribution is -0.384. The maximum atomic E-state index is 12.6. The molecule has 1 saturated carbocycles. The number of nitrogens with zero attached hydrogens (tertiary/aromatic N) is 2. The number of nitro benzene ring substituents is 1. The first-order chi connectivity index (χ1) is 12.0. The fourth-order valence-corrected chi connectivity index (χ4v) is 4.15. The van der Waals surface area contributed by atoms with Crippen LogP contribution in [-0.4, -0.2) is 30.0 Å². The number of hydrogen-bond acceptors (Lipinski definition) is 4. The molecule has 1 aliphatic carbocycles. The van der Waals surface area contributed by atoms with Crippen molar-refractivity contribution in [3.63, 3.8) is 0 Å². The molecule has 6 heteroatoms. The number of rotatable bonds is 4. The van der Waals surface area contributed by atoms with Crippen LogP contribution in [0.25, 0.3) is 0 Å². The number of hydrogen-bond donors (Lipinski definition) is 1. The van der Waals surface area contributed by atoms with Crippen LogP contribution in [0, 0.1) is 22.0 Å². The van der Waals surface area contributed by atoms with Crippen molar-refractivity contribution in [2.75, 3.05) is 18.0 Å². The number of carbonyl (C=O) groups excluding carboxylic acids is 1. The Hall–Kier alpha value is -2.11. The number of para-hydroxylation sites is 2. The van der Waals surface area contributed by atoms with E-state index in [4.69, 9.17) is 0 Å². The summed E-state index contributed by atoms with van der Waals surface area (Å²) in [4.78, 5) is 25.5. The van der Waals surface area contributed by atoms with E-state index in [1.165, 1.54) is 12.8 Å². The van der Waals surface area contributed by atoms with Gasteiger partial charge in [0.05, 0.1) is 4.92 Å². The number of benzene rings is 1. The summed E-state index contributed by atoms with van der Waals surface area (Å²) in [5.41, 5.74) is 0.800. The largest absolute Gasteiger partial charge is 0.366 e. The molecule has 1 N–H and O–H groups in total. The van der Waals surface area contributed by atoms with Crippen molar-refractivity contribution in [2.45, 2.75) is 51.5 Å². The lowest BCUT2D eigenvalue weighted by Gasteiger charge is -2.34. The van der Waals surface area contributed by atoms with Crippen LogP contribution in [0.1, 0.15) is 45.4 Å². The van der Waals surface area contributed by atoms with Crippen LogP contribution >= 0.6 is 0 Å². The highest BCUT2D eigenvalue weighted by Gasteiger charge is 2.29. The molecule has 0 spiro atoms. The van der Waals surface area contributed by atoms with Crippen molar-refractivity contribution >= 4 is 17.3 Å². The van der Waals surface area contributed by atoms with Gasteiger partial charge in [0, 0.05) is 31.1 Å². The van der Waals surface area contributed by atoms with E-state index >= 15 is 0 Å². The minimum atomic E-state index is -0.335. The summed E-state index contributed by atoms with van der Waals surface area (Å²) in [5, 5.41) is 14.4. The molecule has 25 heavy (non-hydrogen) atoms. The van der Waals surface area contributed by atoms with Crippen LogP contribution < -0.4 is 10.2 Å². The Kier molecular flexibility index (Phi) is 5.56. The van der Waals surface area contributed by atoms with Crippen LogP contribution in [0.4, 0.5) is 11.4 Å². The number of anilines is 1. The summed E-state index contributed by atoms with van der Waals surface area (Å²) < 4.78 is 0.